The van der Waals surface area contributed by atoms with E-state index in [9.17, 15) is 19.2 Å². The maximum absolute atomic E-state index is 13.8. The number of carbonyl (C=O) groups excluding carboxylic acids is 4. The second kappa shape index (κ2) is 21.3. The average molecular weight is 761 g/mol. The van der Waals surface area contributed by atoms with E-state index < -0.39 is 29.4 Å². The van der Waals surface area contributed by atoms with Crippen LogP contribution < -0.4 is 14.8 Å². The number of carbonyl (C=O) groups is 4. The minimum absolute atomic E-state index is 0.0282. The number of hydrogen-bond acceptors (Lipinski definition) is 9. The van der Waals surface area contributed by atoms with Gasteiger partial charge in [-0.1, -0.05) is 32.1 Å². The summed E-state index contributed by atoms with van der Waals surface area (Å²) < 4.78 is 28.6. The van der Waals surface area contributed by atoms with Crippen LogP contribution in [0.4, 0.5) is 9.59 Å². The summed E-state index contributed by atoms with van der Waals surface area (Å²) in [6.07, 6.45) is 7.13. The number of likely N-dealkylation sites (N-methyl/N-ethyl adjacent to an activating group) is 1. The molecular weight excluding hydrogens is 692 g/mol. The van der Waals surface area contributed by atoms with Crippen LogP contribution in [0, 0.1) is 5.92 Å². The average Bonchev–Trinajstić information content (AvgIpc) is 3.07. The first-order valence-electron chi connectivity index (χ1n) is 19.1. The Morgan fingerprint density at radius 1 is 0.981 bits per heavy atom. The quantitative estimate of drug-likeness (QED) is 0.117. The number of hydrogen-bond donors (Lipinski definition) is 1. The number of piperazine rings is 1. The lowest BCUT2D eigenvalue weighted by Crippen LogP contribution is -2.61. The van der Waals surface area contributed by atoms with Crippen molar-refractivity contribution in [3.05, 3.63) is 35.9 Å². The van der Waals surface area contributed by atoms with E-state index in [-0.39, 0.29) is 55.8 Å². The van der Waals surface area contributed by atoms with Crippen molar-refractivity contribution < 1.29 is 42.9 Å². The summed E-state index contributed by atoms with van der Waals surface area (Å²) in [6, 6.07) is 4.54. The number of methoxy groups -OCH3 is 2. The van der Waals surface area contributed by atoms with Gasteiger partial charge in [0.1, 0.15) is 5.60 Å². The predicted octanol–water partition coefficient (Wildman–Crippen LogP) is 6.96. The molecule has 2 rings (SSSR count). The van der Waals surface area contributed by atoms with Crippen LogP contribution in [-0.4, -0.2) is 116 Å². The van der Waals surface area contributed by atoms with E-state index in [0.717, 1.165) is 24.8 Å². The van der Waals surface area contributed by atoms with Gasteiger partial charge in [0.25, 0.3) is 0 Å². The molecule has 4 amide bonds. The van der Waals surface area contributed by atoms with E-state index in [1.807, 2.05) is 27.7 Å². The van der Waals surface area contributed by atoms with Gasteiger partial charge in [0.15, 0.2) is 11.5 Å². The third-order valence-electron chi connectivity index (χ3n) is 9.05. The minimum atomic E-state index is -0.726. The van der Waals surface area contributed by atoms with E-state index in [2.05, 4.69) is 31.3 Å². The van der Waals surface area contributed by atoms with Gasteiger partial charge in [-0.15, -0.1) is 0 Å². The fourth-order valence-corrected chi connectivity index (χ4v) is 5.68. The van der Waals surface area contributed by atoms with Crippen LogP contribution >= 0.6 is 0 Å². The maximum Gasteiger partial charge on any atom is 0.415 e. The lowest BCUT2D eigenvalue weighted by atomic mass is 10.0. The van der Waals surface area contributed by atoms with Crippen molar-refractivity contribution in [1.82, 2.24) is 20.0 Å². The summed E-state index contributed by atoms with van der Waals surface area (Å²) in [7, 11) is 4.74. The molecule has 1 aromatic carbocycles. The third-order valence-corrected chi connectivity index (χ3v) is 9.05. The molecule has 1 fully saturated rings. The van der Waals surface area contributed by atoms with Crippen molar-refractivity contribution in [2.45, 2.75) is 130 Å². The van der Waals surface area contributed by atoms with Gasteiger partial charge in [0.05, 0.1) is 37.4 Å². The summed E-state index contributed by atoms with van der Waals surface area (Å²) in [6.45, 7) is 18.8. The molecule has 306 valence electrons. The Hall–Kier alpha value is -3.84. The van der Waals surface area contributed by atoms with Crippen molar-refractivity contribution in [3.8, 4) is 11.5 Å². The molecule has 1 aliphatic rings. The van der Waals surface area contributed by atoms with Crippen molar-refractivity contribution in [2.24, 2.45) is 5.92 Å². The van der Waals surface area contributed by atoms with E-state index >= 15 is 0 Å². The molecule has 1 heterocycles. The highest BCUT2D eigenvalue weighted by atomic mass is 16.6. The number of unbranched alkanes of at least 4 members (excludes halogenated alkanes) is 2. The Balaban J connectivity index is 2.12. The van der Waals surface area contributed by atoms with Crippen molar-refractivity contribution >= 4 is 24.0 Å². The van der Waals surface area contributed by atoms with Crippen molar-refractivity contribution in [1.29, 1.82) is 0 Å². The molecule has 13 heteroatoms. The van der Waals surface area contributed by atoms with Gasteiger partial charge in [-0.2, -0.15) is 0 Å². The number of nitrogens with zero attached hydrogens (tertiary/aromatic N) is 3. The van der Waals surface area contributed by atoms with Gasteiger partial charge in [-0.05, 0) is 97.8 Å². The summed E-state index contributed by atoms with van der Waals surface area (Å²) in [5.74, 6) is 0.920. The van der Waals surface area contributed by atoms with Crippen molar-refractivity contribution in [3.63, 3.8) is 0 Å². The monoisotopic (exact) mass is 760 g/mol. The smallest absolute Gasteiger partial charge is 0.415 e. The molecule has 0 bridgehead atoms. The zero-order valence-electron chi connectivity index (χ0n) is 35.0. The Labute approximate surface area is 324 Å². The highest BCUT2D eigenvalue weighted by molar-refractivity contribution is 5.78. The van der Waals surface area contributed by atoms with Crippen LogP contribution in [0.5, 0.6) is 11.5 Å². The van der Waals surface area contributed by atoms with E-state index in [0.29, 0.717) is 37.7 Å². The fraction of sp³-hybridized carbons (Fsp3) is 0.707. The Kier molecular flexibility index (Phi) is 18.3. The standard InChI is InChI=1S/C41H68N4O9/c1-30(2)17-15-13-14-16-18-35(46)42-27-31-19-20-33(34(25-31)50-11)53-38(49)45-23-22-44(29-32(45)28-43(10)37(48)54-39(3,4)5)36(47)26-41(8,9)52-24-21-40(6,7)51-12/h15,17,19-20,25,30,32H,13-14,16,18,21-24,26-29H2,1-12H3,(H,42,46)/b17-15+. The number of nitrogens with one attached hydrogen (secondary N) is 1. The van der Waals surface area contributed by atoms with Crippen LogP contribution in [0.25, 0.3) is 0 Å². The fourth-order valence-electron chi connectivity index (χ4n) is 5.68. The number of amides is 4. The number of allylic oxidation sites excluding steroid dienone is 2. The third kappa shape index (κ3) is 17.1. The van der Waals surface area contributed by atoms with Gasteiger partial charge in [0, 0.05) is 53.3 Å². The molecule has 0 aromatic heterocycles. The molecule has 1 saturated heterocycles. The maximum atomic E-state index is 13.8. The normalized spacial score (nSPS) is 15.4. The largest absolute Gasteiger partial charge is 0.493 e. The van der Waals surface area contributed by atoms with E-state index in [1.165, 1.54) is 16.9 Å². The van der Waals surface area contributed by atoms with Gasteiger partial charge in [0.2, 0.25) is 11.8 Å². The van der Waals surface area contributed by atoms with Crippen LogP contribution in [0.1, 0.15) is 106 Å². The summed E-state index contributed by atoms with van der Waals surface area (Å²) >= 11 is 0. The molecule has 0 spiro atoms. The summed E-state index contributed by atoms with van der Waals surface area (Å²) in [4.78, 5) is 57.4. The first-order chi connectivity index (χ1) is 25.1. The van der Waals surface area contributed by atoms with Crippen LogP contribution in [0.3, 0.4) is 0 Å². The van der Waals surface area contributed by atoms with E-state index in [1.54, 1.807) is 58.0 Å². The molecule has 0 aliphatic carbocycles. The van der Waals surface area contributed by atoms with Gasteiger partial charge >= 0.3 is 12.2 Å². The topological polar surface area (TPSA) is 136 Å². The molecule has 1 aliphatic heterocycles. The number of ether oxygens (including phenoxy) is 5. The molecular formula is C41H68N4O9. The molecule has 13 nitrogen and oxygen atoms in total. The molecule has 1 aromatic rings. The predicted molar refractivity (Wildman–Crippen MR) is 210 cm³/mol. The first-order valence-corrected chi connectivity index (χ1v) is 19.1. The molecule has 54 heavy (non-hydrogen) atoms. The lowest BCUT2D eigenvalue weighted by molar-refractivity contribution is -0.141. The molecule has 0 saturated carbocycles. The van der Waals surface area contributed by atoms with Gasteiger partial charge in [-0.25, -0.2) is 9.59 Å². The van der Waals surface area contributed by atoms with Crippen LogP contribution in [0.2, 0.25) is 0 Å². The molecule has 1 unspecified atom stereocenters. The zero-order valence-corrected chi connectivity index (χ0v) is 35.0. The molecule has 1 atom stereocenters. The second-order valence-electron chi connectivity index (χ2n) is 16.6. The Morgan fingerprint density at radius 2 is 1.69 bits per heavy atom. The number of benzene rings is 1. The Bertz CT molecular complexity index is 1400. The SMILES string of the molecule is COc1cc(CNC(=O)CCCC/C=C/C(C)C)ccc1OC(=O)N1CCN(C(=O)CC(C)(C)OCCC(C)(C)OC)CC1CN(C)C(=O)OC(C)(C)C. The van der Waals surface area contributed by atoms with Crippen molar-refractivity contribution in [2.75, 3.05) is 54.1 Å². The lowest BCUT2D eigenvalue weighted by Gasteiger charge is -2.42. The number of rotatable bonds is 19. The first kappa shape index (κ1) is 46.3. The highest BCUT2D eigenvalue weighted by Gasteiger charge is 2.37. The van der Waals surface area contributed by atoms with E-state index in [4.69, 9.17) is 23.7 Å². The molecule has 1 N–H and O–H groups in total. The second-order valence-corrected chi connectivity index (χ2v) is 16.6. The van der Waals surface area contributed by atoms with Crippen LogP contribution in [-0.2, 0) is 30.3 Å². The highest BCUT2D eigenvalue weighted by Crippen LogP contribution is 2.30. The van der Waals surface area contributed by atoms with Gasteiger partial charge < -0.3 is 38.8 Å². The van der Waals surface area contributed by atoms with Gasteiger partial charge in [-0.3, -0.25) is 14.5 Å². The zero-order chi connectivity index (χ0) is 40.7. The summed E-state index contributed by atoms with van der Waals surface area (Å²) in [5, 5.41) is 2.95. The Morgan fingerprint density at radius 3 is 2.31 bits per heavy atom. The van der Waals surface area contributed by atoms with Crippen LogP contribution in [0.15, 0.2) is 30.4 Å². The summed E-state index contributed by atoms with van der Waals surface area (Å²) in [5.41, 5.74) is -0.987. The minimum Gasteiger partial charge on any atom is -0.493 e. The molecule has 0 radical (unpaired) electrons.